The molecule has 1 aliphatic heterocycles. The molecule has 0 spiro atoms. The van der Waals surface area contributed by atoms with E-state index in [0.29, 0.717) is 42.1 Å². The van der Waals surface area contributed by atoms with Crippen molar-refractivity contribution in [2.24, 2.45) is 0 Å². The lowest BCUT2D eigenvalue weighted by atomic mass is 9.71. The topological polar surface area (TPSA) is 73.9 Å². The van der Waals surface area contributed by atoms with E-state index in [4.69, 9.17) is 14.2 Å². The molecule has 6 nitrogen and oxygen atoms in total. The number of methoxy groups -OCH3 is 2. The lowest BCUT2D eigenvalue weighted by molar-refractivity contribution is -0.138. The summed E-state index contributed by atoms with van der Waals surface area (Å²) in [5, 5.41) is 3.42. The Morgan fingerprint density at radius 3 is 2.38 bits per heavy atom. The fraction of sp³-hybridized carbons (Fsp3) is 0.400. The van der Waals surface area contributed by atoms with Gasteiger partial charge in [0.15, 0.2) is 17.3 Å². The average Bonchev–Trinajstić information content (AvgIpc) is 2.90. The van der Waals surface area contributed by atoms with Crippen molar-refractivity contribution in [3.8, 4) is 11.5 Å². The van der Waals surface area contributed by atoms with Gasteiger partial charge in [-0.3, -0.25) is 4.79 Å². The van der Waals surface area contributed by atoms with Crippen molar-refractivity contribution in [2.45, 2.75) is 45.4 Å². The highest BCUT2D eigenvalue weighted by molar-refractivity contribution is 7.99. The number of rotatable bonds is 9. The number of carbonyl (C=O) groups excluding carboxylic acids is 2. The number of hydrogen-bond acceptors (Lipinski definition) is 7. The zero-order chi connectivity index (χ0) is 26.5. The fourth-order valence-electron chi connectivity index (χ4n) is 5.16. The van der Waals surface area contributed by atoms with Gasteiger partial charge in [-0.1, -0.05) is 42.8 Å². The van der Waals surface area contributed by atoms with Crippen LogP contribution in [-0.4, -0.2) is 44.1 Å². The average molecular weight is 522 g/mol. The molecule has 0 aromatic heterocycles. The van der Waals surface area contributed by atoms with Gasteiger partial charge in [-0.05, 0) is 55.2 Å². The number of nitrogens with one attached hydrogen (secondary N) is 1. The van der Waals surface area contributed by atoms with Crippen LogP contribution in [0.1, 0.15) is 55.2 Å². The lowest BCUT2D eigenvalue weighted by Gasteiger charge is -2.36. The van der Waals surface area contributed by atoms with Crippen LogP contribution in [0.5, 0.6) is 11.5 Å². The van der Waals surface area contributed by atoms with Gasteiger partial charge in [0.25, 0.3) is 0 Å². The highest BCUT2D eigenvalue weighted by Gasteiger charge is 2.41. The van der Waals surface area contributed by atoms with Crippen LogP contribution in [0, 0.1) is 6.92 Å². The van der Waals surface area contributed by atoms with Crippen molar-refractivity contribution in [1.82, 2.24) is 5.32 Å². The molecule has 4 rings (SSSR count). The molecule has 1 aliphatic carbocycles. The van der Waals surface area contributed by atoms with Crippen molar-refractivity contribution in [3.05, 3.63) is 81.7 Å². The molecule has 196 valence electrons. The number of ketones is 1. The molecule has 0 amide bonds. The SMILES string of the molecule is CCSCCOC(=O)C1=C(C)NC2=C(C(=O)C[C@@H](c3ccc(OC)c(OC)c3)C2)[C@@H]1c1ccc(C)cc1. The summed E-state index contributed by atoms with van der Waals surface area (Å²) in [5.41, 5.74) is 5.86. The summed E-state index contributed by atoms with van der Waals surface area (Å²) in [6, 6.07) is 13.9. The summed E-state index contributed by atoms with van der Waals surface area (Å²) in [6.45, 7) is 6.34. The van der Waals surface area contributed by atoms with Gasteiger partial charge in [0.2, 0.25) is 0 Å². The number of ether oxygens (including phenoxy) is 3. The third-order valence-corrected chi connectivity index (χ3v) is 7.87. The minimum Gasteiger partial charge on any atom is -0.493 e. The Hall–Kier alpha value is -3.19. The van der Waals surface area contributed by atoms with Crippen molar-refractivity contribution >= 4 is 23.5 Å². The molecular weight excluding hydrogens is 486 g/mol. The van der Waals surface area contributed by atoms with Crippen LogP contribution in [0.2, 0.25) is 0 Å². The molecule has 2 atom stereocenters. The number of hydrogen-bond donors (Lipinski definition) is 1. The van der Waals surface area contributed by atoms with Crippen LogP contribution in [0.4, 0.5) is 0 Å². The highest BCUT2D eigenvalue weighted by atomic mass is 32.2. The van der Waals surface area contributed by atoms with Crippen LogP contribution in [0.25, 0.3) is 0 Å². The van der Waals surface area contributed by atoms with E-state index in [2.05, 4.69) is 12.2 Å². The summed E-state index contributed by atoms with van der Waals surface area (Å²) >= 11 is 1.73. The quantitative estimate of drug-likeness (QED) is 0.337. The number of allylic oxidation sites excluding steroid dienone is 3. The standard InChI is InChI=1S/C30H35NO5S/c1-6-37-14-13-36-30(33)27-19(3)31-23-15-22(21-11-12-25(34-4)26(17-21)35-5)16-24(32)29(23)28(27)20-9-7-18(2)8-10-20/h7-12,17,22,28,31H,6,13-16H2,1-5H3/t22-,28+/m0/s1. The Morgan fingerprint density at radius 2 is 1.70 bits per heavy atom. The number of benzene rings is 2. The summed E-state index contributed by atoms with van der Waals surface area (Å²) < 4.78 is 16.5. The molecular formula is C30H35NO5S. The maximum absolute atomic E-state index is 13.8. The smallest absolute Gasteiger partial charge is 0.336 e. The maximum Gasteiger partial charge on any atom is 0.336 e. The largest absolute Gasteiger partial charge is 0.493 e. The Labute approximate surface area is 223 Å². The molecule has 0 saturated carbocycles. The number of Topliss-reactive ketones (excluding diaryl/α,β-unsaturated/α-hetero) is 1. The molecule has 2 aromatic carbocycles. The molecule has 7 heteroatoms. The maximum atomic E-state index is 13.8. The summed E-state index contributed by atoms with van der Waals surface area (Å²) in [6.07, 6.45) is 1.01. The molecule has 2 aliphatic rings. The second-order valence-corrected chi connectivity index (χ2v) is 10.8. The normalized spacial score (nSPS) is 19.3. The summed E-state index contributed by atoms with van der Waals surface area (Å²) in [5.74, 6) is 2.22. The second-order valence-electron chi connectivity index (χ2n) is 9.38. The van der Waals surface area contributed by atoms with Gasteiger partial charge in [0, 0.05) is 35.1 Å². The first-order valence-electron chi connectivity index (χ1n) is 12.6. The van der Waals surface area contributed by atoms with Gasteiger partial charge < -0.3 is 19.5 Å². The van der Waals surface area contributed by atoms with E-state index < -0.39 is 5.92 Å². The van der Waals surface area contributed by atoms with E-state index >= 15 is 0 Å². The Morgan fingerprint density at radius 1 is 1.00 bits per heavy atom. The van der Waals surface area contributed by atoms with Gasteiger partial charge >= 0.3 is 5.97 Å². The van der Waals surface area contributed by atoms with Crippen LogP contribution in [0.15, 0.2) is 65.0 Å². The Kier molecular flexibility index (Phi) is 8.64. The van der Waals surface area contributed by atoms with Gasteiger partial charge in [-0.25, -0.2) is 4.79 Å². The molecule has 1 heterocycles. The van der Waals surface area contributed by atoms with Crippen molar-refractivity contribution in [1.29, 1.82) is 0 Å². The van der Waals surface area contributed by atoms with E-state index in [-0.39, 0.29) is 17.7 Å². The number of aryl methyl sites for hydroxylation is 1. The monoisotopic (exact) mass is 521 g/mol. The zero-order valence-corrected chi connectivity index (χ0v) is 23.0. The van der Waals surface area contributed by atoms with Crippen LogP contribution >= 0.6 is 11.8 Å². The predicted molar refractivity (Wildman–Crippen MR) is 147 cm³/mol. The molecule has 0 unspecified atom stereocenters. The van der Waals surface area contributed by atoms with Crippen LogP contribution in [-0.2, 0) is 14.3 Å². The second kappa shape index (κ2) is 11.9. The van der Waals surface area contributed by atoms with Gasteiger partial charge in [-0.15, -0.1) is 0 Å². The summed E-state index contributed by atoms with van der Waals surface area (Å²) in [4.78, 5) is 27.1. The number of thioether (sulfide) groups is 1. The van der Waals surface area contributed by atoms with E-state index in [1.54, 1.807) is 26.0 Å². The number of esters is 1. The van der Waals surface area contributed by atoms with Gasteiger partial charge in [0.05, 0.1) is 19.8 Å². The van der Waals surface area contributed by atoms with E-state index in [0.717, 1.165) is 39.6 Å². The third kappa shape index (κ3) is 5.72. The first kappa shape index (κ1) is 26.9. The molecule has 0 radical (unpaired) electrons. The lowest BCUT2D eigenvalue weighted by Crippen LogP contribution is -2.36. The van der Waals surface area contributed by atoms with Gasteiger partial charge in [-0.2, -0.15) is 11.8 Å². The van der Waals surface area contributed by atoms with Crippen LogP contribution < -0.4 is 14.8 Å². The molecule has 0 fully saturated rings. The Balaban J connectivity index is 1.70. The molecule has 0 saturated heterocycles. The highest BCUT2D eigenvalue weighted by Crippen LogP contribution is 2.46. The molecule has 2 aromatic rings. The first-order valence-corrected chi connectivity index (χ1v) is 13.8. The predicted octanol–water partition coefficient (Wildman–Crippen LogP) is 5.67. The minimum atomic E-state index is -0.456. The summed E-state index contributed by atoms with van der Waals surface area (Å²) in [7, 11) is 3.22. The third-order valence-electron chi connectivity index (χ3n) is 7.00. The van der Waals surface area contributed by atoms with E-state index in [9.17, 15) is 9.59 Å². The fourth-order valence-corrected chi connectivity index (χ4v) is 5.65. The van der Waals surface area contributed by atoms with Crippen molar-refractivity contribution < 1.29 is 23.8 Å². The van der Waals surface area contributed by atoms with E-state index in [1.807, 2.05) is 56.3 Å². The molecule has 37 heavy (non-hydrogen) atoms. The van der Waals surface area contributed by atoms with E-state index in [1.165, 1.54) is 0 Å². The van der Waals surface area contributed by atoms with Crippen LogP contribution in [0.3, 0.4) is 0 Å². The number of carbonyl (C=O) groups is 2. The molecule has 0 bridgehead atoms. The van der Waals surface area contributed by atoms with Gasteiger partial charge in [0.1, 0.15) is 6.61 Å². The van der Waals surface area contributed by atoms with Crippen molar-refractivity contribution in [2.75, 3.05) is 32.3 Å². The Bertz CT molecular complexity index is 1230. The van der Waals surface area contributed by atoms with Crippen molar-refractivity contribution in [3.63, 3.8) is 0 Å². The first-order chi connectivity index (χ1) is 17.9. The minimum absolute atomic E-state index is 0.00964. The molecule has 1 N–H and O–H groups in total. The zero-order valence-electron chi connectivity index (χ0n) is 22.2. The number of dihydropyridines is 1.